The Kier molecular flexibility index (Phi) is 3.03. The fourth-order valence-corrected chi connectivity index (χ4v) is 5.24. The minimum atomic E-state index is -0.831. The third kappa shape index (κ3) is 1.83. The van der Waals surface area contributed by atoms with Crippen LogP contribution in [-0.2, 0) is 20.9 Å². The summed E-state index contributed by atoms with van der Waals surface area (Å²) in [5.74, 6) is -1.18. The van der Waals surface area contributed by atoms with Gasteiger partial charge in [-0.1, -0.05) is 48.5 Å². The number of epoxide rings is 1. The number of para-hydroxylation sites is 1. The molecule has 2 aromatic carbocycles. The van der Waals surface area contributed by atoms with Gasteiger partial charge in [0, 0.05) is 13.0 Å². The van der Waals surface area contributed by atoms with Crippen LogP contribution in [-0.4, -0.2) is 34.5 Å². The molecule has 0 aromatic heterocycles. The van der Waals surface area contributed by atoms with Crippen LogP contribution in [0.3, 0.4) is 0 Å². The smallest absolute Gasteiger partial charge is 0.242 e. The van der Waals surface area contributed by atoms with Crippen LogP contribution in [0.15, 0.2) is 65.7 Å². The summed E-state index contributed by atoms with van der Waals surface area (Å²) in [4.78, 5) is 34.6. The minimum absolute atomic E-state index is 0.119. The molecule has 6 nitrogen and oxygen atoms in total. The van der Waals surface area contributed by atoms with Crippen molar-refractivity contribution in [3.8, 4) is 0 Å². The average molecular weight is 373 g/mol. The van der Waals surface area contributed by atoms with E-state index in [1.165, 1.54) is 4.90 Å². The van der Waals surface area contributed by atoms with Crippen molar-refractivity contribution in [2.24, 2.45) is 16.8 Å². The van der Waals surface area contributed by atoms with Crippen LogP contribution in [0.25, 0.3) is 0 Å². The van der Waals surface area contributed by atoms with Crippen molar-refractivity contribution in [1.29, 1.82) is 0 Å². The Labute approximate surface area is 162 Å². The molecule has 0 spiro atoms. The molecule has 3 aliphatic heterocycles. The van der Waals surface area contributed by atoms with E-state index in [1.54, 1.807) is 12.1 Å². The van der Waals surface area contributed by atoms with Crippen molar-refractivity contribution in [3.63, 3.8) is 0 Å². The third-order valence-electron chi connectivity index (χ3n) is 6.53. The van der Waals surface area contributed by atoms with E-state index in [-0.39, 0.29) is 17.7 Å². The second-order valence-corrected chi connectivity index (χ2v) is 7.91. The predicted octanol–water partition coefficient (Wildman–Crippen LogP) is 2.55. The van der Waals surface area contributed by atoms with E-state index in [1.807, 2.05) is 59.8 Å². The zero-order valence-corrected chi connectivity index (χ0v) is 15.2. The van der Waals surface area contributed by atoms with Crippen LogP contribution < -0.4 is 4.90 Å². The van der Waals surface area contributed by atoms with Crippen LogP contribution in [0, 0.1) is 11.8 Å². The Bertz CT molecular complexity index is 1010. The molecule has 1 saturated carbocycles. The molecule has 4 aliphatic rings. The molecule has 0 N–H and O–H groups in total. The lowest BCUT2D eigenvalue weighted by Crippen LogP contribution is -2.51. The lowest BCUT2D eigenvalue weighted by molar-refractivity contribution is -0.126. The first-order chi connectivity index (χ1) is 13.7. The Hall–Kier alpha value is -2.99. The predicted molar refractivity (Wildman–Crippen MR) is 102 cm³/mol. The minimum Gasteiger partial charge on any atom is -0.325 e. The summed E-state index contributed by atoms with van der Waals surface area (Å²) in [6.45, 7) is 0.599. The number of imide groups is 1. The number of fused-ring (bicyclic) bond motifs is 1. The maximum Gasteiger partial charge on any atom is 0.242 e. The number of rotatable bonds is 3. The lowest BCUT2D eigenvalue weighted by atomic mass is 9.74. The maximum absolute atomic E-state index is 13.5. The van der Waals surface area contributed by atoms with Gasteiger partial charge < -0.3 is 9.64 Å². The van der Waals surface area contributed by atoms with Gasteiger partial charge in [0.25, 0.3) is 0 Å². The van der Waals surface area contributed by atoms with Gasteiger partial charge in [0.1, 0.15) is 5.92 Å². The number of aliphatic imine (C=N–C) groups is 1. The van der Waals surface area contributed by atoms with Crippen molar-refractivity contribution in [3.05, 3.63) is 66.2 Å². The van der Waals surface area contributed by atoms with Crippen LogP contribution in [0.5, 0.6) is 0 Å². The van der Waals surface area contributed by atoms with Crippen molar-refractivity contribution in [1.82, 2.24) is 4.90 Å². The normalized spacial score (nSPS) is 35.0. The second kappa shape index (κ2) is 5.29. The molecule has 3 fully saturated rings. The SMILES string of the molecule is O=C1C2CC[C@]34N=CN(Cc5ccccc5)[C@]3(O4)C2C(=O)N1c1ccccc1. The van der Waals surface area contributed by atoms with E-state index in [0.29, 0.717) is 25.1 Å². The van der Waals surface area contributed by atoms with Crippen molar-refractivity contribution >= 4 is 23.8 Å². The van der Waals surface area contributed by atoms with E-state index in [2.05, 4.69) is 4.99 Å². The van der Waals surface area contributed by atoms with Gasteiger partial charge >= 0.3 is 0 Å². The zero-order valence-electron chi connectivity index (χ0n) is 15.2. The highest BCUT2D eigenvalue weighted by atomic mass is 16.7. The third-order valence-corrected chi connectivity index (χ3v) is 6.53. The van der Waals surface area contributed by atoms with Crippen molar-refractivity contribution in [2.45, 2.75) is 30.8 Å². The summed E-state index contributed by atoms with van der Waals surface area (Å²) in [7, 11) is 0. The molecule has 2 saturated heterocycles. The molecule has 0 bridgehead atoms. The summed E-state index contributed by atoms with van der Waals surface area (Å²) in [6.07, 6.45) is 3.09. The Balaban J connectivity index is 1.39. The molecular formula is C22H19N3O3. The number of hydrogen-bond donors (Lipinski definition) is 0. The van der Waals surface area contributed by atoms with Crippen molar-refractivity contribution < 1.29 is 14.3 Å². The first-order valence-electron chi connectivity index (χ1n) is 9.65. The number of benzene rings is 2. The van der Waals surface area contributed by atoms with Gasteiger partial charge in [0.15, 0.2) is 0 Å². The standard InChI is InChI=1S/C22H19N3O3/c26-19-17-11-12-21-22(28-21,24(14-23-21)13-15-7-3-1-4-8-15)18(17)20(27)25(19)16-9-5-2-6-10-16/h1-10,14,17-18H,11-13H2/t17?,18?,21-,22+/m1/s1. The molecule has 3 heterocycles. The molecular weight excluding hydrogens is 354 g/mol. The number of anilines is 1. The summed E-state index contributed by atoms with van der Waals surface area (Å²) in [6, 6.07) is 19.2. The first kappa shape index (κ1) is 16.0. The number of ether oxygens (including phenoxy) is 1. The summed E-state index contributed by atoms with van der Waals surface area (Å²) in [5.41, 5.74) is 0.240. The first-order valence-corrected chi connectivity index (χ1v) is 9.65. The zero-order chi connectivity index (χ0) is 18.9. The lowest BCUT2D eigenvalue weighted by Gasteiger charge is -2.33. The largest absolute Gasteiger partial charge is 0.325 e. The number of carbonyl (C=O) groups is 2. The van der Waals surface area contributed by atoms with Crippen LogP contribution in [0.4, 0.5) is 5.69 Å². The molecule has 2 unspecified atom stereocenters. The van der Waals surface area contributed by atoms with Gasteiger partial charge in [-0.15, -0.1) is 0 Å². The molecule has 140 valence electrons. The van der Waals surface area contributed by atoms with Crippen LogP contribution in [0.1, 0.15) is 18.4 Å². The molecule has 4 atom stereocenters. The van der Waals surface area contributed by atoms with Gasteiger partial charge in [0.2, 0.25) is 23.3 Å². The molecule has 2 amide bonds. The van der Waals surface area contributed by atoms with Gasteiger partial charge in [-0.25, -0.2) is 9.89 Å². The number of amides is 2. The number of carbonyl (C=O) groups excluding carboxylic acids is 2. The summed E-state index contributed by atoms with van der Waals surface area (Å²) >= 11 is 0. The van der Waals surface area contributed by atoms with Crippen molar-refractivity contribution in [2.75, 3.05) is 4.90 Å². The fourth-order valence-electron chi connectivity index (χ4n) is 5.24. The van der Waals surface area contributed by atoms with E-state index in [4.69, 9.17) is 4.74 Å². The summed E-state index contributed by atoms with van der Waals surface area (Å²) in [5, 5.41) is 0. The highest BCUT2D eigenvalue weighted by Crippen LogP contribution is 2.68. The highest BCUT2D eigenvalue weighted by molar-refractivity contribution is 6.22. The average Bonchev–Trinajstić information content (AvgIpc) is 3.22. The molecule has 1 aliphatic carbocycles. The number of nitrogens with zero attached hydrogens (tertiary/aromatic N) is 3. The highest BCUT2D eigenvalue weighted by Gasteiger charge is 2.85. The Morgan fingerprint density at radius 2 is 1.71 bits per heavy atom. The summed E-state index contributed by atoms with van der Waals surface area (Å²) < 4.78 is 6.22. The van der Waals surface area contributed by atoms with E-state index < -0.39 is 17.4 Å². The quantitative estimate of drug-likeness (QED) is 0.613. The number of hydrogen-bond acceptors (Lipinski definition) is 5. The van der Waals surface area contributed by atoms with Gasteiger partial charge in [-0.2, -0.15) is 0 Å². The topological polar surface area (TPSA) is 65.5 Å². The van der Waals surface area contributed by atoms with Gasteiger partial charge in [-0.3, -0.25) is 9.59 Å². The van der Waals surface area contributed by atoms with Gasteiger partial charge in [0.05, 0.1) is 17.9 Å². The molecule has 2 aromatic rings. The van der Waals surface area contributed by atoms with Crippen LogP contribution in [0.2, 0.25) is 0 Å². The molecule has 0 radical (unpaired) electrons. The van der Waals surface area contributed by atoms with Crippen LogP contribution >= 0.6 is 0 Å². The van der Waals surface area contributed by atoms with E-state index >= 15 is 0 Å². The fraction of sp³-hybridized carbons (Fsp3) is 0.318. The second-order valence-electron chi connectivity index (χ2n) is 7.91. The molecule has 6 heteroatoms. The maximum atomic E-state index is 13.5. The Morgan fingerprint density at radius 1 is 1.00 bits per heavy atom. The molecule has 6 rings (SSSR count). The monoisotopic (exact) mass is 373 g/mol. The van der Waals surface area contributed by atoms with E-state index in [0.717, 1.165) is 5.56 Å². The van der Waals surface area contributed by atoms with E-state index in [9.17, 15) is 9.59 Å². The van der Waals surface area contributed by atoms with Gasteiger partial charge in [-0.05, 0) is 24.1 Å². The molecule has 28 heavy (non-hydrogen) atoms. The Morgan fingerprint density at radius 3 is 2.46 bits per heavy atom.